The van der Waals surface area contributed by atoms with Crippen molar-refractivity contribution in [3.8, 4) is 0 Å². The van der Waals surface area contributed by atoms with Crippen molar-refractivity contribution in [1.29, 1.82) is 0 Å². The van der Waals surface area contributed by atoms with Crippen molar-refractivity contribution < 1.29 is 13.2 Å². The standard InChI is InChI=1S/C13H20N4O3S/c1-15-10-13(18)17-8-6-16(7-9-17)11-2-4-12(5-3-11)21(14,19)20/h2-5,15H,6-10H2,1H3,(H2,14,19,20). The highest BCUT2D eigenvalue weighted by molar-refractivity contribution is 7.89. The van der Waals surface area contributed by atoms with Crippen LogP contribution in [-0.2, 0) is 14.8 Å². The molecular weight excluding hydrogens is 292 g/mol. The third-order valence-electron chi connectivity index (χ3n) is 3.49. The lowest BCUT2D eigenvalue weighted by Crippen LogP contribution is -2.50. The fourth-order valence-electron chi connectivity index (χ4n) is 2.32. The number of carbonyl (C=O) groups is 1. The van der Waals surface area contributed by atoms with Crippen LogP contribution in [0.2, 0.25) is 0 Å². The van der Waals surface area contributed by atoms with E-state index in [4.69, 9.17) is 5.14 Å². The van der Waals surface area contributed by atoms with Crippen LogP contribution in [0.3, 0.4) is 0 Å². The molecule has 3 N–H and O–H groups in total. The molecule has 0 spiro atoms. The molecule has 0 aliphatic carbocycles. The maximum Gasteiger partial charge on any atom is 0.238 e. The van der Waals surface area contributed by atoms with Gasteiger partial charge in [0.15, 0.2) is 0 Å². The molecule has 7 nitrogen and oxygen atoms in total. The van der Waals surface area contributed by atoms with Crippen LogP contribution in [0.4, 0.5) is 5.69 Å². The number of primary sulfonamides is 1. The Hall–Kier alpha value is -1.64. The molecule has 1 aromatic rings. The number of hydrogen-bond donors (Lipinski definition) is 2. The van der Waals surface area contributed by atoms with Crippen LogP contribution in [0, 0.1) is 0 Å². The van der Waals surface area contributed by atoms with Crippen molar-refractivity contribution in [1.82, 2.24) is 10.2 Å². The van der Waals surface area contributed by atoms with Crippen LogP contribution in [0.25, 0.3) is 0 Å². The molecule has 0 radical (unpaired) electrons. The summed E-state index contributed by atoms with van der Waals surface area (Å²) < 4.78 is 22.4. The largest absolute Gasteiger partial charge is 0.368 e. The van der Waals surface area contributed by atoms with Gasteiger partial charge >= 0.3 is 0 Å². The van der Waals surface area contributed by atoms with E-state index in [0.717, 1.165) is 18.8 Å². The molecule has 1 aromatic carbocycles. The number of nitrogens with two attached hydrogens (primary N) is 1. The summed E-state index contributed by atoms with van der Waals surface area (Å²) >= 11 is 0. The Kier molecular flexibility index (Phi) is 4.81. The molecule has 1 fully saturated rings. The van der Waals surface area contributed by atoms with Gasteiger partial charge < -0.3 is 15.1 Å². The minimum Gasteiger partial charge on any atom is -0.368 e. The molecule has 0 aromatic heterocycles. The van der Waals surface area contributed by atoms with Crippen LogP contribution >= 0.6 is 0 Å². The smallest absolute Gasteiger partial charge is 0.238 e. The first-order valence-electron chi connectivity index (χ1n) is 6.72. The summed E-state index contributed by atoms with van der Waals surface area (Å²) in [6.07, 6.45) is 0. The van der Waals surface area contributed by atoms with Crippen LogP contribution < -0.4 is 15.4 Å². The van der Waals surface area contributed by atoms with E-state index in [1.54, 1.807) is 19.2 Å². The quantitative estimate of drug-likeness (QED) is 0.759. The number of hydrogen-bond acceptors (Lipinski definition) is 5. The second kappa shape index (κ2) is 6.42. The van der Waals surface area contributed by atoms with E-state index in [0.29, 0.717) is 19.6 Å². The number of rotatable bonds is 4. The Bertz CT molecular complexity index is 592. The highest BCUT2D eigenvalue weighted by Gasteiger charge is 2.20. The highest BCUT2D eigenvalue weighted by atomic mass is 32.2. The van der Waals surface area contributed by atoms with Crippen molar-refractivity contribution in [3.63, 3.8) is 0 Å². The molecule has 116 valence electrons. The number of sulfonamides is 1. The third-order valence-corrected chi connectivity index (χ3v) is 4.42. The number of anilines is 1. The van der Waals surface area contributed by atoms with Crippen LogP contribution in [0.1, 0.15) is 0 Å². The zero-order valence-corrected chi connectivity index (χ0v) is 12.8. The molecule has 8 heteroatoms. The second-order valence-corrected chi connectivity index (χ2v) is 6.50. The highest BCUT2D eigenvalue weighted by Crippen LogP contribution is 2.18. The normalized spacial score (nSPS) is 16.1. The zero-order chi connectivity index (χ0) is 15.5. The van der Waals surface area contributed by atoms with Gasteiger partial charge in [0.05, 0.1) is 11.4 Å². The van der Waals surface area contributed by atoms with Crippen LogP contribution in [0.15, 0.2) is 29.2 Å². The first kappa shape index (κ1) is 15.7. The Morgan fingerprint density at radius 3 is 2.24 bits per heavy atom. The van der Waals surface area contributed by atoms with E-state index in [9.17, 15) is 13.2 Å². The topological polar surface area (TPSA) is 95.7 Å². The predicted molar refractivity (Wildman–Crippen MR) is 80.5 cm³/mol. The SMILES string of the molecule is CNCC(=O)N1CCN(c2ccc(S(N)(=O)=O)cc2)CC1. The van der Waals surface area contributed by atoms with Gasteiger partial charge in [0.25, 0.3) is 0 Å². The third kappa shape index (κ3) is 3.93. The molecule has 1 aliphatic heterocycles. The van der Waals surface area contributed by atoms with E-state index in [-0.39, 0.29) is 10.8 Å². The van der Waals surface area contributed by atoms with E-state index in [1.165, 1.54) is 12.1 Å². The van der Waals surface area contributed by atoms with Gasteiger partial charge in [-0.2, -0.15) is 0 Å². The average Bonchev–Trinajstić information content (AvgIpc) is 2.47. The molecule has 0 saturated carbocycles. The van der Waals surface area contributed by atoms with Crippen molar-refractivity contribution in [3.05, 3.63) is 24.3 Å². The Labute approximate surface area is 124 Å². The fraction of sp³-hybridized carbons (Fsp3) is 0.462. The summed E-state index contributed by atoms with van der Waals surface area (Å²) in [5.41, 5.74) is 0.933. The number of nitrogens with one attached hydrogen (secondary N) is 1. The van der Waals surface area contributed by atoms with E-state index in [2.05, 4.69) is 10.2 Å². The Balaban J connectivity index is 1.98. The first-order valence-corrected chi connectivity index (χ1v) is 8.26. The lowest BCUT2D eigenvalue weighted by Gasteiger charge is -2.36. The molecule has 21 heavy (non-hydrogen) atoms. The summed E-state index contributed by atoms with van der Waals surface area (Å²) in [4.78, 5) is 15.8. The molecule has 0 bridgehead atoms. The second-order valence-electron chi connectivity index (χ2n) is 4.94. The first-order chi connectivity index (χ1) is 9.91. The number of carbonyl (C=O) groups excluding carboxylic acids is 1. The summed E-state index contributed by atoms with van der Waals surface area (Å²) in [5, 5.41) is 7.93. The number of amides is 1. The van der Waals surface area contributed by atoms with Crippen molar-refractivity contribution in [2.24, 2.45) is 5.14 Å². The van der Waals surface area contributed by atoms with Gasteiger partial charge in [-0.25, -0.2) is 13.6 Å². The lowest BCUT2D eigenvalue weighted by molar-refractivity contribution is -0.130. The number of likely N-dealkylation sites (N-methyl/N-ethyl adjacent to an activating group) is 1. The summed E-state index contributed by atoms with van der Waals surface area (Å²) in [6.45, 7) is 3.13. The Morgan fingerprint density at radius 2 is 1.76 bits per heavy atom. The van der Waals surface area contributed by atoms with Gasteiger partial charge in [0, 0.05) is 31.9 Å². The van der Waals surface area contributed by atoms with Crippen molar-refractivity contribution in [2.75, 3.05) is 44.7 Å². The number of piperazine rings is 1. The molecule has 1 heterocycles. The lowest BCUT2D eigenvalue weighted by atomic mass is 10.2. The van der Waals surface area contributed by atoms with Crippen molar-refractivity contribution >= 4 is 21.6 Å². The molecule has 1 saturated heterocycles. The zero-order valence-electron chi connectivity index (χ0n) is 11.9. The molecule has 1 amide bonds. The molecule has 0 atom stereocenters. The summed E-state index contributed by atoms with van der Waals surface area (Å²) in [6, 6.07) is 6.49. The van der Waals surface area contributed by atoms with E-state index < -0.39 is 10.0 Å². The fourth-order valence-corrected chi connectivity index (χ4v) is 2.84. The molecule has 1 aliphatic rings. The van der Waals surface area contributed by atoms with Crippen LogP contribution in [-0.4, -0.2) is 59.0 Å². The molecule has 2 rings (SSSR count). The number of nitrogens with zero attached hydrogens (tertiary/aromatic N) is 2. The summed E-state index contributed by atoms with van der Waals surface area (Å²) in [7, 11) is -1.90. The van der Waals surface area contributed by atoms with Crippen LogP contribution in [0.5, 0.6) is 0 Å². The van der Waals surface area contributed by atoms with Gasteiger partial charge in [-0.1, -0.05) is 0 Å². The van der Waals surface area contributed by atoms with Gasteiger partial charge in [0.1, 0.15) is 0 Å². The van der Waals surface area contributed by atoms with Gasteiger partial charge in [-0.05, 0) is 31.3 Å². The van der Waals surface area contributed by atoms with E-state index >= 15 is 0 Å². The predicted octanol–water partition coefficient (Wildman–Crippen LogP) is -0.798. The average molecular weight is 312 g/mol. The van der Waals surface area contributed by atoms with E-state index in [1.807, 2.05) is 4.90 Å². The molecular formula is C13H20N4O3S. The minimum absolute atomic E-state index is 0.0988. The van der Waals surface area contributed by atoms with Gasteiger partial charge in [-0.15, -0.1) is 0 Å². The van der Waals surface area contributed by atoms with Crippen molar-refractivity contribution in [2.45, 2.75) is 4.90 Å². The Morgan fingerprint density at radius 1 is 1.19 bits per heavy atom. The monoisotopic (exact) mass is 312 g/mol. The number of benzene rings is 1. The minimum atomic E-state index is -3.65. The van der Waals surface area contributed by atoms with Gasteiger partial charge in [-0.3, -0.25) is 4.79 Å². The maximum atomic E-state index is 11.8. The maximum absolute atomic E-state index is 11.8. The summed E-state index contributed by atoms with van der Waals surface area (Å²) in [5.74, 6) is 0.0988. The van der Waals surface area contributed by atoms with Gasteiger partial charge in [0.2, 0.25) is 15.9 Å². The molecule has 0 unspecified atom stereocenters.